The van der Waals surface area contributed by atoms with Gasteiger partial charge >= 0.3 is 0 Å². The quantitative estimate of drug-likeness (QED) is 0.834. The van der Waals surface area contributed by atoms with E-state index in [0.29, 0.717) is 6.04 Å². The summed E-state index contributed by atoms with van der Waals surface area (Å²) in [5.74, 6) is 0. The van der Waals surface area contributed by atoms with Crippen LogP contribution in [-0.4, -0.2) is 13.1 Å². The van der Waals surface area contributed by atoms with Crippen LogP contribution in [0.4, 0.5) is 5.69 Å². The van der Waals surface area contributed by atoms with E-state index in [1.54, 1.807) is 16.7 Å². The molecule has 0 amide bonds. The van der Waals surface area contributed by atoms with E-state index in [2.05, 4.69) is 29.7 Å². The minimum Gasteiger partial charge on any atom is -0.385 e. The molecular weight excluding hydrogens is 208 g/mol. The van der Waals surface area contributed by atoms with Crippen molar-refractivity contribution in [2.75, 3.05) is 18.4 Å². The van der Waals surface area contributed by atoms with Gasteiger partial charge in [0.05, 0.1) is 0 Å². The van der Waals surface area contributed by atoms with Gasteiger partial charge in [0.15, 0.2) is 0 Å². The number of rotatable bonds is 3. The number of nitrogens with one attached hydrogen (secondary N) is 2. The molecule has 0 bridgehead atoms. The molecule has 1 aliphatic carbocycles. The predicted octanol–water partition coefficient (Wildman–Crippen LogP) is 3.03. The Balaban J connectivity index is 2.04. The van der Waals surface area contributed by atoms with Gasteiger partial charge in [-0.05, 0) is 68.3 Å². The lowest BCUT2D eigenvalue weighted by molar-refractivity contribution is 0.642. The topological polar surface area (TPSA) is 24.1 Å². The molecule has 1 aromatic carbocycles. The van der Waals surface area contributed by atoms with Crippen molar-refractivity contribution in [3.63, 3.8) is 0 Å². The van der Waals surface area contributed by atoms with E-state index in [1.165, 1.54) is 44.3 Å². The molecule has 0 unspecified atom stereocenters. The van der Waals surface area contributed by atoms with Gasteiger partial charge in [0, 0.05) is 18.3 Å². The van der Waals surface area contributed by atoms with Crippen molar-refractivity contribution in [1.82, 2.24) is 5.32 Å². The van der Waals surface area contributed by atoms with Crippen LogP contribution in [0.2, 0.25) is 0 Å². The van der Waals surface area contributed by atoms with Crippen molar-refractivity contribution in [2.24, 2.45) is 0 Å². The third kappa shape index (κ3) is 1.95. The number of hydrogen-bond donors (Lipinski definition) is 2. The molecule has 1 fully saturated rings. The Morgan fingerprint density at radius 1 is 1.29 bits per heavy atom. The molecular formula is C15H22N2. The van der Waals surface area contributed by atoms with Crippen molar-refractivity contribution >= 4 is 5.69 Å². The van der Waals surface area contributed by atoms with Crippen LogP contribution in [0.3, 0.4) is 0 Å². The lowest BCUT2D eigenvalue weighted by atomic mass is 9.94. The zero-order chi connectivity index (χ0) is 11.7. The van der Waals surface area contributed by atoms with Gasteiger partial charge in [-0.3, -0.25) is 0 Å². The summed E-state index contributed by atoms with van der Waals surface area (Å²) in [5.41, 5.74) is 6.19. The smallest absolute Gasteiger partial charge is 0.0391 e. The summed E-state index contributed by atoms with van der Waals surface area (Å²) in [6.45, 7) is 4.37. The Bertz CT molecular complexity index is 406. The number of hydrogen-bond acceptors (Lipinski definition) is 2. The molecule has 2 N–H and O–H groups in total. The predicted molar refractivity (Wildman–Crippen MR) is 72.6 cm³/mol. The van der Waals surface area contributed by atoms with Gasteiger partial charge in [-0.15, -0.1) is 0 Å². The maximum Gasteiger partial charge on any atom is 0.0391 e. The summed E-state index contributed by atoms with van der Waals surface area (Å²) < 4.78 is 0. The van der Waals surface area contributed by atoms with Gasteiger partial charge in [0.2, 0.25) is 0 Å². The first kappa shape index (κ1) is 11.1. The van der Waals surface area contributed by atoms with E-state index in [4.69, 9.17) is 0 Å². The van der Waals surface area contributed by atoms with Gasteiger partial charge in [0.1, 0.15) is 0 Å². The zero-order valence-electron chi connectivity index (χ0n) is 10.7. The highest BCUT2D eigenvalue weighted by molar-refractivity contribution is 5.60. The van der Waals surface area contributed by atoms with Crippen LogP contribution in [0.1, 0.15) is 48.9 Å². The summed E-state index contributed by atoms with van der Waals surface area (Å²) in [4.78, 5) is 0. The van der Waals surface area contributed by atoms with Crippen LogP contribution in [0.15, 0.2) is 12.1 Å². The lowest BCUT2D eigenvalue weighted by Crippen LogP contribution is -2.17. The molecule has 2 nitrogen and oxygen atoms in total. The van der Waals surface area contributed by atoms with E-state index < -0.39 is 0 Å². The molecule has 17 heavy (non-hydrogen) atoms. The Hall–Kier alpha value is -1.02. The molecule has 1 saturated heterocycles. The highest BCUT2D eigenvalue weighted by atomic mass is 15.0. The molecule has 2 heteroatoms. The van der Waals surface area contributed by atoms with Crippen LogP contribution < -0.4 is 10.6 Å². The van der Waals surface area contributed by atoms with Crippen molar-refractivity contribution in [3.05, 3.63) is 28.8 Å². The molecule has 0 saturated carbocycles. The first-order valence-corrected chi connectivity index (χ1v) is 7.02. The largest absolute Gasteiger partial charge is 0.385 e. The second kappa shape index (κ2) is 4.69. The van der Waals surface area contributed by atoms with Crippen molar-refractivity contribution in [1.29, 1.82) is 0 Å². The number of anilines is 1. The maximum absolute atomic E-state index is 3.66. The Kier molecular flexibility index (Phi) is 3.06. The van der Waals surface area contributed by atoms with Crippen molar-refractivity contribution in [3.8, 4) is 0 Å². The summed E-state index contributed by atoms with van der Waals surface area (Å²) in [7, 11) is 0. The van der Waals surface area contributed by atoms with E-state index >= 15 is 0 Å². The van der Waals surface area contributed by atoms with Crippen LogP contribution in [-0.2, 0) is 12.8 Å². The van der Waals surface area contributed by atoms with E-state index in [9.17, 15) is 0 Å². The SMILES string of the molecule is CCNc1ccc2c(c1[C@@H]1CCCN1)CCC2. The average molecular weight is 230 g/mol. The van der Waals surface area contributed by atoms with Crippen LogP contribution in [0.25, 0.3) is 0 Å². The molecule has 2 aliphatic rings. The lowest BCUT2D eigenvalue weighted by Gasteiger charge is -2.21. The molecule has 1 aromatic rings. The highest BCUT2D eigenvalue weighted by Gasteiger charge is 2.25. The monoisotopic (exact) mass is 230 g/mol. The van der Waals surface area contributed by atoms with Crippen LogP contribution in [0.5, 0.6) is 0 Å². The Morgan fingerprint density at radius 2 is 2.24 bits per heavy atom. The molecule has 0 aromatic heterocycles. The molecule has 3 rings (SSSR count). The molecule has 0 radical (unpaired) electrons. The number of fused-ring (bicyclic) bond motifs is 1. The fraction of sp³-hybridized carbons (Fsp3) is 0.600. The van der Waals surface area contributed by atoms with Crippen LogP contribution in [0, 0.1) is 0 Å². The normalized spacial score (nSPS) is 22.8. The zero-order valence-corrected chi connectivity index (χ0v) is 10.7. The van der Waals surface area contributed by atoms with Gasteiger partial charge in [-0.2, -0.15) is 0 Å². The van der Waals surface area contributed by atoms with E-state index in [-0.39, 0.29) is 0 Å². The summed E-state index contributed by atoms with van der Waals surface area (Å²) in [6.07, 6.45) is 6.52. The Labute approximate surface area is 104 Å². The maximum atomic E-state index is 3.66. The summed E-state index contributed by atoms with van der Waals surface area (Å²) in [5, 5.41) is 7.20. The molecule has 1 aliphatic heterocycles. The molecule has 0 spiro atoms. The van der Waals surface area contributed by atoms with Crippen molar-refractivity contribution in [2.45, 2.75) is 45.1 Å². The molecule has 1 heterocycles. The van der Waals surface area contributed by atoms with E-state index in [0.717, 1.165) is 6.54 Å². The van der Waals surface area contributed by atoms with Gasteiger partial charge in [-0.1, -0.05) is 6.07 Å². The van der Waals surface area contributed by atoms with Gasteiger partial charge in [-0.25, -0.2) is 0 Å². The van der Waals surface area contributed by atoms with Crippen molar-refractivity contribution < 1.29 is 0 Å². The average Bonchev–Trinajstić information content (AvgIpc) is 2.99. The number of aryl methyl sites for hydroxylation is 1. The minimum atomic E-state index is 0.595. The first-order chi connectivity index (χ1) is 8.40. The molecule has 92 valence electrons. The Morgan fingerprint density at radius 3 is 3.00 bits per heavy atom. The standard InChI is InChI=1S/C15H22N2/c1-2-16-14-9-8-11-5-3-6-12(11)15(14)13-7-4-10-17-13/h8-9,13,16-17H,2-7,10H2,1H3/t13-/m0/s1. The fourth-order valence-electron chi connectivity index (χ4n) is 3.37. The third-order valence-corrected chi connectivity index (χ3v) is 4.10. The molecule has 1 atom stereocenters. The second-order valence-electron chi connectivity index (χ2n) is 5.20. The summed E-state index contributed by atoms with van der Waals surface area (Å²) in [6, 6.07) is 5.22. The van der Waals surface area contributed by atoms with Gasteiger partial charge < -0.3 is 10.6 Å². The second-order valence-corrected chi connectivity index (χ2v) is 5.20. The van der Waals surface area contributed by atoms with Crippen LogP contribution >= 0.6 is 0 Å². The first-order valence-electron chi connectivity index (χ1n) is 7.02. The van der Waals surface area contributed by atoms with E-state index in [1.807, 2.05) is 0 Å². The number of benzene rings is 1. The fourth-order valence-corrected chi connectivity index (χ4v) is 3.37. The van der Waals surface area contributed by atoms with Gasteiger partial charge in [0.25, 0.3) is 0 Å². The third-order valence-electron chi connectivity index (χ3n) is 4.10. The minimum absolute atomic E-state index is 0.595. The highest BCUT2D eigenvalue weighted by Crippen LogP contribution is 2.37. The summed E-state index contributed by atoms with van der Waals surface area (Å²) >= 11 is 0.